The highest BCUT2D eigenvalue weighted by atomic mass is 16.7. The van der Waals surface area contributed by atoms with Gasteiger partial charge in [-0.1, -0.05) is 0 Å². The number of hydrogen-bond acceptors (Lipinski definition) is 4. The second kappa shape index (κ2) is 4.36. The molecule has 0 radical (unpaired) electrons. The number of hydroxylamine groups is 1. The standard InChI is InChI=1S/C8H11NO4/c1-5-6(10)13-9-7(11)12-8(2,3)4/h1H,2-4H3,(H,9,11). The van der Waals surface area contributed by atoms with Crippen LogP contribution in [0.3, 0.4) is 0 Å². The zero-order chi connectivity index (χ0) is 10.5. The fourth-order valence-corrected chi connectivity index (χ4v) is 0.416. The van der Waals surface area contributed by atoms with Crippen LogP contribution in [0, 0.1) is 12.3 Å². The molecule has 0 unspecified atom stereocenters. The Kier molecular flexibility index (Phi) is 3.79. The number of rotatable bonds is 0. The Morgan fingerprint density at radius 2 is 1.92 bits per heavy atom. The molecule has 0 bridgehead atoms. The Balaban J connectivity index is 3.79. The summed E-state index contributed by atoms with van der Waals surface area (Å²) in [6.07, 6.45) is 3.80. The largest absolute Gasteiger partial charge is 0.442 e. The van der Waals surface area contributed by atoms with E-state index in [0.717, 1.165) is 0 Å². The molecule has 1 N–H and O–H groups in total. The summed E-state index contributed by atoms with van der Waals surface area (Å²) in [4.78, 5) is 25.3. The van der Waals surface area contributed by atoms with Gasteiger partial charge >= 0.3 is 12.1 Å². The van der Waals surface area contributed by atoms with Crippen LogP contribution in [0.2, 0.25) is 0 Å². The summed E-state index contributed by atoms with van der Waals surface area (Å²) in [7, 11) is 0. The van der Waals surface area contributed by atoms with Crippen molar-refractivity contribution in [1.82, 2.24) is 5.48 Å². The van der Waals surface area contributed by atoms with Gasteiger partial charge in [-0.15, -0.1) is 11.9 Å². The first-order valence-electron chi connectivity index (χ1n) is 3.51. The molecule has 0 aliphatic heterocycles. The third-order valence-electron chi connectivity index (χ3n) is 0.744. The third-order valence-corrected chi connectivity index (χ3v) is 0.744. The van der Waals surface area contributed by atoms with Crippen LogP contribution >= 0.6 is 0 Å². The van der Waals surface area contributed by atoms with E-state index >= 15 is 0 Å². The lowest BCUT2D eigenvalue weighted by Gasteiger charge is -2.18. The first-order valence-corrected chi connectivity index (χ1v) is 3.51. The fraction of sp³-hybridized carbons (Fsp3) is 0.500. The second-order valence-electron chi connectivity index (χ2n) is 3.14. The summed E-state index contributed by atoms with van der Waals surface area (Å²) in [5, 5.41) is 0. The van der Waals surface area contributed by atoms with Crippen molar-refractivity contribution >= 4 is 12.1 Å². The molecule has 0 saturated heterocycles. The van der Waals surface area contributed by atoms with E-state index in [-0.39, 0.29) is 0 Å². The van der Waals surface area contributed by atoms with Gasteiger partial charge in [-0.05, 0) is 20.8 Å². The molecule has 13 heavy (non-hydrogen) atoms. The SMILES string of the molecule is C#CC(=O)ONC(=O)OC(C)(C)C. The van der Waals surface area contributed by atoms with E-state index < -0.39 is 17.7 Å². The molecule has 0 aromatic carbocycles. The molecule has 0 spiro atoms. The van der Waals surface area contributed by atoms with Gasteiger partial charge in [0.2, 0.25) is 0 Å². The predicted molar refractivity (Wildman–Crippen MR) is 44.3 cm³/mol. The Bertz CT molecular complexity index is 246. The van der Waals surface area contributed by atoms with Crippen molar-refractivity contribution in [2.24, 2.45) is 0 Å². The molecule has 0 fully saturated rings. The summed E-state index contributed by atoms with van der Waals surface area (Å²) in [5.74, 6) is 0.671. The molecular weight excluding hydrogens is 174 g/mol. The topological polar surface area (TPSA) is 64.6 Å². The number of terminal acetylenes is 1. The Morgan fingerprint density at radius 3 is 2.31 bits per heavy atom. The van der Waals surface area contributed by atoms with Gasteiger partial charge < -0.3 is 9.57 Å². The molecule has 0 aromatic rings. The normalized spacial score (nSPS) is 9.69. The summed E-state index contributed by atoms with van der Waals surface area (Å²) in [6.45, 7) is 5.03. The number of amides is 1. The Morgan fingerprint density at radius 1 is 1.38 bits per heavy atom. The third kappa shape index (κ3) is 6.69. The van der Waals surface area contributed by atoms with Crippen LogP contribution in [0.15, 0.2) is 0 Å². The van der Waals surface area contributed by atoms with E-state index in [1.54, 1.807) is 32.2 Å². The van der Waals surface area contributed by atoms with Crippen LogP contribution < -0.4 is 5.48 Å². The van der Waals surface area contributed by atoms with Crippen molar-refractivity contribution in [2.75, 3.05) is 0 Å². The molecule has 5 nitrogen and oxygen atoms in total. The zero-order valence-corrected chi connectivity index (χ0v) is 7.71. The van der Waals surface area contributed by atoms with Gasteiger partial charge in [-0.2, -0.15) is 0 Å². The van der Waals surface area contributed by atoms with Crippen molar-refractivity contribution in [3.05, 3.63) is 0 Å². The van der Waals surface area contributed by atoms with E-state index in [1.807, 2.05) is 0 Å². The van der Waals surface area contributed by atoms with Crippen molar-refractivity contribution in [3.8, 4) is 12.3 Å². The van der Waals surface area contributed by atoms with Crippen LogP contribution in [0.25, 0.3) is 0 Å². The average molecular weight is 185 g/mol. The molecule has 0 rings (SSSR count). The highest BCUT2D eigenvalue weighted by molar-refractivity contribution is 5.88. The number of hydrogen-bond donors (Lipinski definition) is 1. The monoisotopic (exact) mass is 185 g/mol. The second-order valence-corrected chi connectivity index (χ2v) is 3.14. The van der Waals surface area contributed by atoms with E-state index in [1.165, 1.54) is 0 Å². The van der Waals surface area contributed by atoms with Gasteiger partial charge in [0, 0.05) is 5.92 Å². The fourth-order valence-electron chi connectivity index (χ4n) is 0.416. The Labute approximate surface area is 76.3 Å². The van der Waals surface area contributed by atoms with Crippen molar-refractivity contribution in [1.29, 1.82) is 0 Å². The van der Waals surface area contributed by atoms with Crippen LogP contribution in [0.4, 0.5) is 4.79 Å². The minimum atomic E-state index is -0.981. The van der Waals surface area contributed by atoms with E-state index in [9.17, 15) is 9.59 Å². The Hall–Kier alpha value is -1.70. The van der Waals surface area contributed by atoms with Crippen molar-refractivity contribution < 1.29 is 19.2 Å². The number of carbonyl (C=O) groups excluding carboxylic acids is 2. The van der Waals surface area contributed by atoms with E-state index in [2.05, 4.69) is 11.3 Å². The highest BCUT2D eigenvalue weighted by Gasteiger charge is 2.16. The molecule has 0 heterocycles. The summed E-state index contributed by atoms with van der Waals surface area (Å²) in [5.41, 5.74) is 1.09. The van der Waals surface area contributed by atoms with Gasteiger partial charge in [0.05, 0.1) is 0 Å². The van der Waals surface area contributed by atoms with Crippen LogP contribution in [-0.2, 0) is 14.4 Å². The number of carbonyl (C=O) groups is 2. The average Bonchev–Trinajstić information content (AvgIpc) is 1.97. The van der Waals surface area contributed by atoms with Gasteiger partial charge in [0.15, 0.2) is 0 Å². The lowest BCUT2D eigenvalue weighted by atomic mass is 10.2. The molecule has 0 atom stereocenters. The maximum absolute atomic E-state index is 10.8. The maximum Gasteiger partial charge on any atom is 0.441 e. The highest BCUT2D eigenvalue weighted by Crippen LogP contribution is 2.06. The molecule has 0 aromatic heterocycles. The zero-order valence-electron chi connectivity index (χ0n) is 7.71. The number of ether oxygens (including phenoxy) is 1. The lowest BCUT2D eigenvalue weighted by Crippen LogP contribution is -2.33. The first-order chi connectivity index (χ1) is 5.85. The number of nitrogens with one attached hydrogen (secondary N) is 1. The van der Waals surface area contributed by atoms with Crippen LogP contribution in [0.5, 0.6) is 0 Å². The van der Waals surface area contributed by atoms with E-state index in [4.69, 9.17) is 4.74 Å². The summed E-state index contributed by atoms with van der Waals surface area (Å²) < 4.78 is 4.74. The molecule has 0 aliphatic rings. The smallest absolute Gasteiger partial charge is 0.441 e. The van der Waals surface area contributed by atoms with Gasteiger partial charge in [0.1, 0.15) is 5.60 Å². The quantitative estimate of drug-likeness (QED) is 0.443. The van der Waals surface area contributed by atoms with E-state index in [0.29, 0.717) is 0 Å². The minimum absolute atomic E-state index is 0.646. The van der Waals surface area contributed by atoms with Gasteiger partial charge in [0.25, 0.3) is 0 Å². The lowest BCUT2D eigenvalue weighted by molar-refractivity contribution is -0.143. The molecule has 1 amide bonds. The van der Waals surface area contributed by atoms with Crippen molar-refractivity contribution in [2.45, 2.75) is 26.4 Å². The van der Waals surface area contributed by atoms with Gasteiger partial charge in [-0.3, -0.25) is 0 Å². The molecular formula is C8H11NO4. The molecule has 0 aliphatic carbocycles. The summed E-state index contributed by atoms with van der Waals surface area (Å²) >= 11 is 0. The summed E-state index contributed by atoms with van der Waals surface area (Å²) in [6, 6.07) is 0. The minimum Gasteiger partial charge on any atom is -0.442 e. The first kappa shape index (κ1) is 11.3. The molecule has 0 saturated carbocycles. The molecule has 5 heteroatoms. The molecule has 72 valence electrons. The van der Waals surface area contributed by atoms with Gasteiger partial charge in [-0.25, -0.2) is 9.59 Å². The van der Waals surface area contributed by atoms with Crippen LogP contribution in [0.1, 0.15) is 20.8 Å². The maximum atomic E-state index is 10.8. The van der Waals surface area contributed by atoms with Crippen LogP contribution in [-0.4, -0.2) is 17.7 Å². The predicted octanol–water partition coefficient (Wildman–Crippen LogP) is 0.602. The van der Waals surface area contributed by atoms with Crippen molar-refractivity contribution in [3.63, 3.8) is 0 Å².